The third-order valence-electron chi connectivity index (χ3n) is 10.9. The van der Waals surface area contributed by atoms with Crippen molar-refractivity contribution in [3.05, 3.63) is 193 Å². The molecule has 0 amide bonds. The van der Waals surface area contributed by atoms with E-state index >= 15 is 0 Å². The molecule has 6 nitrogen and oxygen atoms in total. The minimum absolute atomic E-state index is 0.100. The van der Waals surface area contributed by atoms with Gasteiger partial charge in [0.25, 0.3) is 0 Å². The van der Waals surface area contributed by atoms with Crippen LogP contribution in [0.2, 0.25) is 0 Å². The molecule has 0 bridgehead atoms. The van der Waals surface area contributed by atoms with E-state index in [1.165, 1.54) is 33.0 Å². The molecule has 1 aliphatic rings. The van der Waals surface area contributed by atoms with Crippen LogP contribution in [0.15, 0.2) is 171 Å². The summed E-state index contributed by atoms with van der Waals surface area (Å²) in [5, 5.41) is 8.59. The molecular formula is C51H38O6. The zero-order chi connectivity index (χ0) is 38.9. The molecule has 0 radical (unpaired) electrons. The molecule has 278 valence electrons. The molecule has 0 saturated heterocycles. The topological polar surface area (TPSA) is 71.1 Å². The van der Waals surface area contributed by atoms with E-state index in [2.05, 4.69) is 134 Å². The average molecular weight is 747 g/mol. The van der Waals surface area contributed by atoms with Gasteiger partial charge in [0.05, 0.1) is 5.41 Å². The summed E-state index contributed by atoms with van der Waals surface area (Å²) < 4.78 is 23.1. The number of carbonyl (C=O) groups is 2. The molecule has 0 aromatic heterocycles. The maximum absolute atomic E-state index is 11.8. The van der Waals surface area contributed by atoms with Gasteiger partial charge in [-0.05, 0) is 102 Å². The van der Waals surface area contributed by atoms with E-state index in [1.54, 1.807) is 0 Å². The summed E-state index contributed by atoms with van der Waals surface area (Å²) in [5.41, 5.74) is 6.10. The zero-order valence-electron chi connectivity index (χ0n) is 31.2. The van der Waals surface area contributed by atoms with E-state index < -0.39 is 17.4 Å². The van der Waals surface area contributed by atoms with Gasteiger partial charge in [0, 0.05) is 22.9 Å². The number of hydrogen-bond donors (Lipinski definition) is 0. The lowest BCUT2D eigenvalue weighted by atomic mass is 9.65. The number of benzene rings is 8. The Labute approximate surface area is 330 Å². The Morgan fingerprint density at radius 1 is 0.439 bits per heavy atom. The van der Waals surface area contributed by atoms with Crippen molar-refractivity contribution in [1.82, 2.24) is 0 Å². The number of ether oxygens (including phenoxy) is 4. The number of rotatable bonds is 12. The predicted molar refractivity (Wildman–Crippen MR) is 227 cm³/mol. The van der Waals surface area contributed by atoms with Crippen LogP contribution in [0.4, 0.5) is 0 Å². The highest BCUT2D eigenvalue weighted by Crippen LogP contribution is 2.60. The lowest BCUT2D eigenvalue weighted by molar-refractivity contribution is -0.139. The van der Waals surface area contributed by atoms with Crippen LogP contribution in [0.5, 0.6) is 11.5 Å². The third kappa shape index (κ3) is 6.07. The largest absolute Gasteiger partial charge is 0.489 e. The number of fused-ring (bicyclic) bond motifs is 7. The van der Waals surface area contributed by atoms with Crippen molar-refractivity contribution in [1.29, 1.82) is 0 Å². The molecule has 0 heterocycles. The Balaban J connectivity index is 1.34. The predicted octanol–water partition coefficient (Wildman–Crippen LogP) is 10.9. The van der Waals surface area contributed by atoms with Gasteiger partial charge < -0.3 is 18.9 Å². The maximum atomic E-state index is 11.8. The summed E-state index contributed by atoms with van der Waals surface area (Å²) >= 11 is 0. The minimum atomic E-state index is -0.812. The van der Waals surface area contributed by atoms with Gasteiger partial charge in [-0.2, -0.15) is 0 Å². The second kappa shape index (κ2) is 14.8. The van der Waals surface area contributed by atoms with Crippen molar-refractivity contribution < 1.29 is 28.5 Å². The van der Waals surface area contributed by atoms with Gasteiger partial charge in [0.2, 0.25) is 0 Å². The van der Waals surface area contributed by atoms with Crippen LogP contribution in [0.25, 0.3) is 54.2 Å². The van der Waals surface area contributed by atoms with Gasteiger partial charge in [-0.1, -0.05) is 122 Å². The quantitative estimate of drug-likeness (QED) is 0.0704. The normalized spacial score (nSPS) is 12.6. The van der Waals surface area contributed by atoms with Crippen molar-refractivity contribution in [2.24, 2.45) is 0 Å². The summed E-state index contributed by atoms with van der Waals surface area (Å²) in [7, 11) is 0. The Bertz CT molecular complexity index is 2710. The SMILES string of the molecule is C=CC(=O)OCCOc1ccc(C2(c3ccc(OCCOC(=O)C=C)c4ccccc34)c3cc4ccccc4cc3-c3cc4ccccc4cc32)c2ccccc12. The fourth-order valence-electron chi connectivity index (χ4n) is 8.57. The molecular weight excluding hydrogens is 709 g/mol. The van der Waals surface area contributed by atoms with Gasteiger partial charge in [-0.15, -0.1) is 0 Å². The van der Waals surface area contributed by atoms with Crippen LogP contribution in [-0.2, 0) is 24.5 Å². The van der Waals surface area contributed by atoms with Crippen LogP contribution >= 0.6 is 0 Å². The first-order valence-electron chi connectivity index (χ1n) is 19.0. The summed E-state index contributed by atoms with van der Waals surface area (Å²) in [5.74, 6) is 0.416. The van der Waals surface area contributed by atoms with E-state index in [-0.39, 0.29) is 26.4 Å². The standard InChI is InChI=1S/C51H38O6/c1-3-49(52)56-27-25-54-47-23-21-43(37-17-9-11-19-39(37)47)51(44-22-24-48(40-20-12-10-18-38(40)44)55-26-28-57-50(53)4-2)45-31-35-15-7-5-13-33(35)29-41(45)42-30-34-14-6-8-16-36(34)32-46(42)51/h3-24,29-32H,1-2,25-28H2. The first-order chi connectivity index (χ1) is 28.0. The number of hydrogen-bond acceptors (Lipinski definition) is 6. The first-order valence-corrected chi connectivity index (χ1v) is 19.0. The van der Waals surface area contributed by atoms with E-state index in [0.717, 1.165) is 55.6 Å². The molecule has 0 unspecified atom stereocenters. The molecule has 0 fully saturated rings. The Morgan fingerprint density at radius 2 is 0.807 bits per heavy atom. The second-order valence-electron chi connectivity index (χ2n) is 14.0. The van der Waals surface area contributed by atoms with E-state index in [0.29, 0.717) is 11.5 Å². The smallest absolute Gasteiger partial charge is 0.330 e. The molecule has 0 saturated carbocycles. The van der Waals surface area contributed by atoms with Gasteiger partial charge >= 0.3 is 11.9 Å². The molecule has 6 heteroatoms. The van der Waals surface area contributed by atoms with Gasteiger partial charge in [0.15, 0.2) is 0 Å². The van der Waals surface area contributed by atoms with E-state index in [9.17, 15) is 9.59 Å². The fourth-order valence-corrected chi connectivity index (χ4v) is 8.57. The molecule has 0 spiro atoms. The van der Waals surface area contributed by atoms with Crippen LogP contribution < -0.4 is 9.47 Å². The van der Waals surface area contributed by atoms with Crippen LogP contribution in [-0.4, -0.2) is 38.4 Å². The van der Waals surface area contributed by atoms with E-state index in [1.807, 2.05) is 24.3 Å². The van der Waals surface area contributed by atoms with E-state index in [4.69, 9.17) is 18.9 Å². The molecule has 0 N–H and O–H groups in total. The summed E-state index contributed by atoms with van der Waals surface area (Å²) in [6.45, 7) is 7.56. The van der Waals surface area contributed by atoms with Crippen molar-refractivity contribution in [2.45, 2.75) is 5.41 Å². The summed E-state index contributed by atoms with van der Waals surface area (Å²) in [6.07, 6.45) is 2.30. The minimum Gasteiger partial charge on any atom is -0.489 e. The molecule has 0 aliphatic heterocycles. The zero-order valence-corrected chi connectivity index (χ0v) is 31.2. The lowest BCUT2D eigenvalue weighted by Gasteiger charge is -2.36. The van der Waals surface area contributed by atoms with Crippen LogP contribution in [0, 0.1) is 0 Å². The lowest BCUT2D eigenvalue weighted by Crippen LogP contribution is -2.29. The molecule has 1 aliphatic carbocycles. The van der Waals surface area contributed by atoms with Crippen LogP contribution in [0.1, 0.15) is 22.3 Å². The Hall–Kier alpha value is -7.18. The monoisotopic (exact) mass is 746 g/mol. The molecule has 9 rings (SSSR count). The highest BCUT2D eigenvalue weighted by Gasteiger charge is 2.48. The number of carbonyl (C=O) groups excluding carboxylic acids is 2. The third-order valence-corrected chi connectivity index (χ3v) is 10.9. The van der Waals surface area contributed by atoms with Crippen molar-refractivity contribution in [2.75, 3.05) is 26.4 Å². The fraction of sp³-hybridized carbons (Fsp3) is 0.0980. The summed E-state index contributed by atoms with van der Waals surface area (Å²) in [6, 6.07) is 51.7. The average Bonchev–Trinajstić information content (AvgIpc) is 3.52. The highest BCUT2D eigenvalue weighted by molar-refractivity contribution is 6.05. The maximum Gasteiger partial charge on any atom is 0.330 e. The van der Waals surface area contributed by atoms with Crippen molar-refractivity contribution in [3.63, 3.8) is 0 Å². The number of esters is 2. The summed E-state index contributed by atoms with van der Waals surface area (Å²) in [4.78, 5) is 23.5. The molecule has 8 aromatic carbocycles. The van der Waals surface area contributed by atoms with Crippen molar-refractivity contribution in [3.8, 4) is 22.6 Å². The highest BCUT2D eigenvalue weighted by atomic mass is 16.6. The molecule has 8 aromatic rings. The first kappa shape index (κ1) is 35.5. The molecule has 57 heavy (non-hydrogen) atoms. The van der Waals surface area contributed by atoms with Gasteiger partial charge in [0.1, 0.15) is 37.9 Å². The van der Waals surface area contributed by atoms with Gasteiger partial charge in [-0.25, -0.2) is 9.59 Å². The van der Waals surface area contributed by atoms with Gasteiger partial charge in [-0.3, -0.25) is 0 Å². The molecule has 0 atom stereocenters. The van der Waals surface area contributed by atoms with Crippen LogP contribution in [0.3, 0.4) is 0 Å². The van der Waals surface area contributed by atoms with Crippen molar-refractivity contribution >= 4 is 55.0 Å². The second-order valence-corrected chi connectivity index (χ2v) is 14.0. The Kier molecular flexibility index (Phi) is 9.23. The Morgan fingerprint density at radius 3 is 1.21 bits per heavy atom.